The second-order valence-electron chi connectivity index (χ2n) is 15.7. The summed E-state index contributed by atoms with van der Waals surface area (Å²) < 4.78 is 46.0. The molecule has 0 unspecified atom stereocenters. The largest absolute Gasteiger partial charge is 0.339 e. The fourth-order valence-electron chi connectivity index (χ4n) is 8.37. The van der Waals surface area contributed by atoms with Gasteiger partial charge in [-0.15, -0.1) is 0 Å². The average Bonchev–Trinajstić information content (AvgIpc) is 3.48. The number of hydrogen-bond donors (Lipinski definition) is 1. The number of nitrogens with zero attached hydrogens (tertiary/aromatic N) is 4. The van der Waals surface area contributed by atoms with Gasteiger partial charge in [0.2, 0.25) is 21.8 Å². The van der Waals surface area contributed by atoms with Crippen molar-refractivity contribution in [1.29, 1.82) is 0 Å². The van der Waals surface area contributed by atoms with Crippen LogP contribution < -0.4 is 9.62 Å². The summed E-state index contributed by atoms with van der Waals surface area (Å²) in [5, 5.41) is 4.31. The van der Waals surface area contributed by atoms with Gasteiger partial charge in [-0.05, 0) is 92.4 Å². The first-order chi connectivity index (χ1) is 21.1. The molecule has 1 aromatic carbocycles. The fourth-order valence-corrected chi connectivity index (χ4v) is 8.93. The normalized spacial score (nSPS) is 30.3. The first kappa shape index (κ1) is 30.3. The van der Waals surface area contributed by atoms with Gasteiger partial charge in [0.15, 0.2) is 5.82 Å². The first-order valence-corrected chi connectivity index (χ1v) is 17.8. The van der Waals surface area contributed by atoms with Crippen LogP contribution in [0.3, 0.4) is 0 Å². The molecular weight excluding hydrogens is 593 g/mol. The predicted molar refractivity (Wildman–Crippen MR) is 170 cm³/mol. The predicted octanol–water partition coefficient (Wildman–Crippen LogP) is 6.71. The van der Waals surface area contributed by atoms with E-state index in [0.29, 0.717) is 37.9 Å². The maximum atomic E-state index is 14.4. The summed E-state index contributed by atoms with van der Waals surface area (Å²) in [5.74, 6) is 1.53. The van der Waals surface area contributed by atoms with Crippen LogP contribution in [0.25, 0.3) is 11.1 Å². The summed E-state index contributed by atoms with van der Waals surface area (Å²) in [5.41, 5.74) is 1.35. The molecule has 240 valence electrons. The quantitative estimate of drug-likeness (QED) is 0.278. The summed E-state index contributed by atoms with van der Waals surface area (Å²) in [6, 6.07) is 9.09. The van der Waals surface area contributed by atoms with Gasteiger partial charge in [-0.3, -0.25) is 14.5 Å². The zero-order valence-electron chi connectivity index (χ0n) is 26.5. The third-order valence-electron chi connectivity index (χ3n) is 10.9. The molecule has 9 rings (SSSR count). The van der Waals surface area contributed by atoms with Gasteiger partial charge in [-0.1, -0.05) is 38.1 Å². The van der Waals surface area contributed by atoms with Crippen LogP contribution in [0.2, 0.25) is 0 Å². The van der Waals surface area contributed by atoms with Crippen molar-refractivity contribution in [1.82, 2.24) is 15.1 Å². The lowest BCUT2D eigenvalue weighted by Crippen LogP contribution is -2.65. The van der Waals surface area contributed by atoms with Crippen molar-refractivity contribution < 1.29 is 22.1 Å². The van der Waals surface area contributed by atoms with Crippen LogP contribution in [0.15, 0.2) is 47.2 Å². The number of carbonyl (C=O) groups is 1. The SMILES string of the molecule is CC(C)(C)c1noc(C23CCC(CN(C(=O)CC45CC(F)(C4)C5)c4cncc(-c5ccc(NS(C)(=O)=O)cc5)c4)(CC2)CC3)n1. The molecule has 0 radical (unpaired) electrons. The van der Waals surface area contributed by atoms with Crippen molar-refractivity contribution in [2.45, 2.75) is 101 Å². The summed E-state index contributed by atoms with van der Waals surface area (Å²) in [7, 11) is -3.38. The summed E-state index contributed by atoms with van der Waals surface area (Å²) in [6.45, 7) is 6.87. The molecule has 0 atom stereocenters. The lowest BCUT2D eigenvalue weighted by Gasteiger charge is -2.66. The molecule has 1 amide bonds. The van der Waals surface area contributed by atoms with Crippen LogP contribution >= 0.6 is 0 Å². The molecule has 45 heavy (non-hydrogen) atoms. The Hall–Kier alpha value is -3.34. The zero-order chi connectivity index (χ0) is 31.9. The minimum Gasteiger partial charge on any atom is -0.339 e. The van der Waals surface area contributed by atoms with Gasteiger partial charge < -0.3 is 9.42 Å². The summed E-state index contributed by atoms with van der Waals surface area (Å²) >= 11 is 0. The minimum atomic E-state index is -3.38. The molecule has 6 aliphatic rings. The van der Waals surface area contributed by atoms with Crippen LogP contribution in [0.1, 0.15) is 96.7 Å². The van der Waals surface area contributed by atoms with Crippen molar-refractivity contribution in [2.75, 3.05) is 22.4 Å². The number of alkyl halides is 1. The highest BCUT2D eigenvalue weighted by Crippen LogP contribution is 2.71. The summed E-state index contributed by atoms with van der Waals surface area (Å²) in [6.07, 6.45) is 12.2. The Morgan fingerprint density at radius 1 is 0.978 bits per heavy atom. The van der Waals surface area contributed by atoms with Crippen LogP contribution in [0, 0.1) is 10.8 Å². The molecule has 6 fully saturated rings. The number of rotatable bonds is 9. The second kappa shape index (κ2) is 10.1. The Labute approximate surface area is 264 Å². The van der Waals surface area contributed by atoms with E-state index in [9.17, 15) is 17.6 Å². The molecule has 6 aliphatic carbocycles. The number of halogens is 1. The number of fused-ring (bicyclic) bond motifs is 3. The Bertz CT molecular complexity index is 1700. The first-order valence-electron chi connectivity index (χ1n) is 16.0. The van der Waals surface area contributed by atoms with Gasteiger partial charge in [0.25, 0.3) is 0 Å². The molecule has 6 saturated carbocycles. The van der Waals surface area contributed by atoms with Gasteiger partial charge in [0.05, 0.1) is 18.1 Å². The summed E-state index contributed by atoms with van der Waals surface area (Å²) in [4.78, 5) is 25.4. The van der Waals surface area contributed by atoms with Crippen LogP contribution in [-0.2, 0) is 25.6 Å². The molecule has 0 saturated heterocycles. The Kier molecular flexibility index (Phi) is 6.79. The Balaban J connectivity index is 1.13. The van der Waals surface area contributed by atoms with Gasteiger partial charge in [-0.2, -0.15) is 4.98 Å². The number of hydrogen-bond acceptors (Lipinski definition) is 7. The van der Waals surface area contributed by atoms with Crippen molar-refractivity contribution in [3.8, 4) is 11.1 Å². The number of anilines is 2. The number of benzene rings is 1. The number of amides is 1. The monoisotopic (exact) mass is 635 g/mol. The molecular formula is C34H42FN5O4S. The second-order valence-corrected chi connectivity index (χ2v) is 17.4. The fraction of sp³-hybridized carbons (Fsp3) is 0.588. The van der Waals surface area contributed by atoms with E-state index in [2.05, 4.69) is 35.6 Å². The molecule has 0 aliphatic heterocycles. The van der Waals surface area contributed by atoms with E-state index in [1.54, 1.807) is 24.5 Å². The lowest BCUT2D eigenvalue weighted by atomic mass is 9.41. The van der Waals surface area contributed by atoms with E-state index < -0.39 is 15.7 Å². The van der Waals surface area contributed by atoms with Crippen molar-refractivity contribution >= 4 is 27.3 Å². The van der Waals surface area contributed by atoms with Gasteiger partial charge in [0.1, 0.15) is 5.67 Å². The molecule has 1 N–H and O–H groups in total. The number of aromatic nitrogens is 3. The maximum absolute atomic E-state index is 14.4. The third kappa shape index (κ3) is 5.66. The number of pyridine rings is 1. The molecule has 3 aromatic rings. The molecule has 11 heteroatoms. The zero-order valence-corrected chi connectivity index (χ0v) is 27.3. The smallest absolute Gasteiger partial charge is 0.232 e. The number of nitrogens with one attached hydrogen (secondary N) is 1. The van der Waals surface area contributed by atoms with Crippen LogP contribution in [0.5, 0.6) is 0 Å². The highest BCUT2D eigenvalue weighted by molar-refractivity contribution is 7.92. The van der Waals surface area contributed by atoms with Crippen LogP contribution in [-0.4, -0.2) is 47.9 Å². The highest BCUT2D eigenvalue weighted by Gasteiger charge is 2.69. The molecule has 2 aromatic heterocycles. The van der Waals surface area contributed by atoms with Gasteiger partial charge in [0, 0.05) is 41.2 Å². The van der Waals surface area contributed by atoms with E-state index in [0.717, 1.165) is 73.3 Å². The molecule has 2 heterocycles. The lowest BCUT2D eigenvalue weighted by molar-refractivity contribution is -0.215. The van der Waals surface area contributed by atoms with E-state index in [1.807, 2.05) is 23.1 Å². The van der Waals surface area contributed by atoms with Crippen molar-refractivity contribution in [3.63, 3.8) is 0 Å². The number of carbonyl (C=O) groups excluding carboxylic acids is 1. The van der Waals surface area contributed by atoms with Gasteiger partial charge in [-0.25, -0.2) is 12.8 Å². The van der Waals surface area contributed by atoms with Gasteiger partial charge >= 0.3 is 0 Å². The third-order valence-corrected chi connectivity index (χ3v) is 11.5. The molecule has 4 bridgehead atoms. The molecule has 9 nitrogen and oxygen atoms in total. The van der Waals surface area contributed by atoms with E-state index in [4.69, 9.17) is 9.51 Å². The highest BCUT2D eigenvalue weighted by atomic mass is 32.2. The standard InChI is InChI=1S/C34H42FN5O4S/c1-30(2,3)28-37-29(44-38-28)33-12-9-31(10-13-33,11-14-33)22-40(27(41)16-32-19-34(35,20-32)21-32)26-15-24(17-36-18-26)23-5-7-25(8-6-23)39-45(4,42)43/h5-8,15,17-18,39H,9-14,16,19-22H2,1-4H3. The average molecular weight is 636 g/mol. The van der Waals surface area contributed by atoms with E-state index >= 15 is 0 Å². The molecule has 0 spiro atoms. The van der Waals surface area contributed by atoms with E-state index in [1.165, 1.54) is 0 Å². The van der Waals surface area contributed by atoms with E-state index in [-0.39, 0.29) is 27.6 Å². The van der Waals surface area contributed by atoms with Crippen molar-refractivity contribution in [2.24, 2.45) is 10.8 Å². The van der Waals surface area contributed by atoms with Crippen molar-refractivity contribution in [3.05, 3.63) is 54.4 Å². The topological polar surface area (TPSA) is 118 Å². The Morgan fingerprint density at radius 3 is 2.18 bits per heavy atom. The minimum absolute atomic E-state index is 0.0278. The number of sulfonamides is 1. The van der Waals surface area contributed by atoms with Crippen LogP contribution in [0.4, 0.5) is 15.8 Å². The Morgan fingerprint density at radius 2 is 1.62 bits per heavy atom. The maximum Gasteiger partial charge on any atom is 0.232 e.